The van der Waals surface area contributed by atoms with Gasteiger partial charge in [0, 0.05) is 5.57 Å². The van der Waals surface area contributed by atoms with Crippen LogP contribution in [0.2, 0.25) is 0 Å². The number of hydrogen-bond acceptors (Lipinski definition) is 2. The summed E-state index contributed by atoms with van der Waals surface area (Å²) in [4.78, 5) is 21.2. The van der Waals surface area contributed by atoms with Gasteiger partial charge in [0.25, 0.3) is 0 Å². The van der Waals surface area contributed by atoms with Crippen LogP contribution in [0.3, 0.4) is 0 Å². The highest BCUT2D eigenvalue weighted by molar-refractivity contribution is 5.95. The van der Waals surface area contributed by atoms with Crippen LogP contribution in [-0.4, -0.2) is 22.2 Å². The smallest absolute Gasteiger partial charge is 0.332 e. The van der Waals surface area contributed by atoms with Gasteiger partial charge in [0.15, 0.2) is 0 Å². The highest BCUT2D eigenvalue weighted by Gasteiger charge is 2.35. The third-order valence-corrected chi connectivity index (χ3v) is 1.73. The molecule has 0 radical (unpaired) electrons. The molecule has 0 aromatic carbocycles. The van der Waals surface area contributed by atoms with Crippen molar-refractivity contribution in [2.75, 3.05) is 0 Å². The lowest BCUT2D eigenvalue weighted by Crippen LogP contribution is -2.29. The summed E-state index contributed by atoms with van der Waals surface area (Å²) in [7, 11) is 0. The van der Waals surface area contributed by atoms with Gasteiger partial charge in [-0.05, 0) is 20.8 Å². The molecule has 0 aliphatic rings. The number of carboxylic acids is 2. The Morgan fingerprint density at radius 1 is 1.25 bits per heavy atom. The van der Waals surface area contributed by atoms with Crippen molar-refractivity contribution in [3.8, 4) is 0 Å². The van der Waals surface area contributed by atoms with Gasteiger partial charge in [0.05, 0.1) is 5.41 Å². The van der Waals surface area contributed by atoms with E-state index in [1.807, 2.05) is 0 Å². The van der Waals surface area contributed by atoms with Gasteiger partial charge in [-0.3, -0.25) is 4.79 Å². The molecule has 0 spiro atoms. The molecule has 0 aromatic heterocycles. The highest BCUT2D eigenvalue weighted by Crippen LogP contribution is 2.26. The maximum absolute atomic E-state index is 10.6. The molecule has 0 aromatic rings. The van der Waals surface area contributed by atoms with Crippen LogP contribution in [0.25, 0.3) is 0 Å². The quantitative estimate of drug-likeness (QED) is 0.626. The summed E-state index contributed by atoms with van der Waals surface area (Å²) in [6, 6.07) is 0. The lowest BCUT2D eigenvalue weighted by molar-refractivity contribution is -0.148. The van der Waals surface area contributed by atoms with Crippen LogP contribution in [0.1, 0.15) is 20.8 Å². The molecule has 0 bridgehead atoms. The maximum Gasteiger partial charge on any atom is 0.332 e. The molecule has 4 heteroatoms. The fraction of sp³-hybridized carbons (Fsp3) is 0.500. The van der Waals surface area contributed by atoms with E-state index in [9.17, 15) is 9.59 Å². The minimum Gasteiger partial charge on any atom is -0.481 e. The largest absolute Gasteiger partial charge is 0.481 e. The van der Waals surface area contributed by atoms with Crippen LogP contribution in [0.4, 0.5) is 0 Å². The minimum atomic E-state index is -1.33. The van der Waals surface area contributed by atoms with Gasteiger partial charge in [0.1, 0.15) is 0 Å². The summed E-state index contributed by atoms with van der Waals surface area (Å²) in [5.41, 5.74) is -1.43. The van der Waals surface area contributed by atoms with Crippen molar-refractivity contribution in [2.45, 2.75) is 20.8 Å². The molecule has 0 fully saturated rings. The molecule has 0 atom stereocenters. The summed E-state index contributed by atoms with van der Waals surface area (Å²) in [5.74, 6) is -2.33. The van der Waals surface area contributed by atoms with Gasteiger partial charge >= 0.3 is 11.9 Å². The summed E-state index contributed by atoms with van der Waals surface area (Å²) >= 11 is 0. The number of carbonyl (C=O) groups is 2. The molecule has 0 aliphatic heterocycles. The van der Waals surface area contributed by atoms with Crippen molar-refractivity contribution < 1.29 is 19.8 Å². The number of hydrogen-bond donors (Lipinski definition) is 2. The van der Waals surface area contributed by atoms with Crippen molar-refractivity contribution in [1.82, 2.24) is 0 Å². The second-order valence-electron chi connectivity index (χ2n) is 2.94. The molecule has 12 heavy (non-hydrogen) atoms. The molecule has 0 saturated carbocycles. The van der Waals surface area contributed by atoms with Crippen molar-refractivity contribution in [1.29, 1.82) is 0 Å². The Bertz CT molecular complexity index is 237. The van der Waals surface area contributed by atoms with E-state index in [-0.39, 0.29) is 5.57 Å². The number of rotatable bonds is 3. The summed E-state index contributed by atoms with van der Waals surface area (Å²) < 4.78 is 0. The average molecular weight is 172 g/mol. The van der Waals surface area contributed by atoms with Crippen molar-refractivity contribution in [2.24, 2.45) is 5.41 Å². The SMILES string of the molecule is CC=C(C(=O)O)C(C)(C)C(=O)O. The van der Waals surface area contributed by atoms with E-state index in [1.54, 1.807) is 0 Å². The maximum atomic E-state index is 10.6. The molecule has 0 aliphatic carbocycles. The normalized spacial score (nSPS) is 12.8. The second kappa shape index (κ2) is 3.38. The predicted molar refractivity (Wildman–Crippen MR) is 42.8 cm³/mol. The Morgan fingerprint density at radius 2 is 1.67 bits per heavy atom. The van der Waals surface area contributed by atoms with E-state index in [1.165, 1.54) is 26.8 Å². The van der Waals surface area contributed by atoms with Gasteiger partial charge < -0.3 is 10.2 Å². The Kier molecular flexibility index (Phi) is 3.01. The Labute approximate surface area is 70.5 Å². The summed E-state index contributed by atoms with van der Waals surface area (Å²) in [6.45, 7) is 4.23. The van der Waals surface area contributed by atoms with Gasteiger partial charge in [0.2, 0.25) is 0 Å². The first-order valence-corrected chi connectivity index (χ1v) is 3.47. The van der Waals surface area contributed by atoms with E-state index in [0.29, 0.717) is 0 Å². The zero-order chi connectivity index (χ0) is 9.94. The van der Waals surface area contributed by atoms with Gasteiger partial charge in [-0.2, -0.15) is 0 Å². The zero-order valence-corrected chi connectivity index (χ0v) is 7.29. The fourth-order valence-electron chi connectivity index (χ4n) is 0.867. The minimum absolute atomic E-state index is 0.102. The van der Waals surface area contributed by atoms with Crippen molar-refractivity contribution in [3.63, 3.8) is 0 Å². The lowest BCUT2D eigenvalue weighted by atomic mass is 9.84. The predicted octanol–water partition coefficient (Wildman–Crippen LogP) is 1.13. The Morgan fingerprint density at radius 3 is 1.75 bits per heavy atom. The third-order valence-electron chi connectivity index (χ3n) is 1.73. The van der Waals surface area contributed by atoms with E-state index in [4.69, 9.17) is 10.2 Å². The molecule has 0 amide bonds. The summed E-state index contributed by atoms with van der Waals surface area (Å²) in [6.07, 6.45) is 1.30. The molecule has 4 nitrogen and oxygen atoms in total. The lowest BCUT2D eigenvalue weighted by Gasteiger charge is -2.19. The molecule has 0 saturated heterocycles. The molecule has 0 unspecified atom stereocenters. The first-order valence-electron chi connectivity index (χ1n) is 3.47. The monoisotopic (exact) mass is 172 g/mol. The van der Waals surface area contributed by atoms with Gasteiger partial charge in [-0.25, -0.2) is 4.79 Å². The number of allylic oxidation sites excluding steroid dienone is 1. The number of aliphatic carboxylic acids is 2. The van der Waals surface area contributed by atoms with Crippen LogP contribution in [0.5, 0.6) is 0 Å². The highest BCUT2D eigenvalue weighted by atomic mass is 16.4. The molecule has 68 valence electrons. The zero-order valence-electron chi connectivity index (χ0n) is 7.29. The van der Waals surface area contributed by atoms with Crippen LogP contribution in [-0.2, 0) is 9.59 Å². The molecule has 2 N–H and O–H groups in total. The third kappa shape index (κ3) is 1.84. The molecule has 0 heterocycles. The Hall–Kier alpha value is -1.32. The van der Waals surface area contributed by atoms with Crippen molar-refractivity contribution >= 4 is 11.9 Å². The first-order chi connectivity index (χ1) is 5.34. The molecular weight excluding hydrogens is 160 g/mol. The van der Waals surface area contributed by atoms with E-state index in [0.717, 1.165) is 0 Å². The summed E-state index contributed by atoms with van der Waals surface area (Å²) in [5, 5.41) is 17.3. The van der Waals surface area contributed by atoms with Gasteiger partial charge in [-0.15, -0.1) is 0 Å². The molecule has 0 rings (SSSR count). The first kappa shape index (κ1) is 10.7. The fourth-order valence-corrected chi connectivity index (χ4v) is 0.867. The van der Waals surface area contributed by atoms with Crippen LogP contribution in [0, 0.1) is 5.41 Å². The van der Waals surface area contributed by atoms with Gasteiger partial charge in [-0.1, -0.05) is 6.08 Å². The van der Waals surface area contributed by atoms with E-state index < -0.39 is 17.4 Å². The molecular formula is C8H12O4. The van der Waals surface area contributed by atoms with Crippen molar-refractivity contribution in [3.05, 3.63) is 11.6 Å². The standard InChI is InChI=1S/C8H12O4/c1-4-5(6(9)10)8(2,3)7(11)12/h4H,1-3H3,(H,9,10)(H,11,12). The second-order valence-corrected chi connectivity index (χ2v) is 2.94. The van der Waals surface area contributed by atoms with Crippen LogP contribution < -0.4 is 0 Å². The number of carboxylic acid groups (broad SMARTS) is 2. The average Bonchev–Trinajstić information content (AvgIpc) is 1.86. The van der Waals surface area contributed by atoms with Crippen LogP contribution in [0.15, 0.2) is 11.6 Å². The Balaban J connectivity index is 5.00. The van der Waals surface area contributed by atoms with E-state index >= 15 is 0 Å². The topological polar surface area (TPSA) is 74.6 Å². The van der Waals surface area contributed by atoms with Crippen LogP contribution >= 0.6 is 0 Å². The van der Waals surface area contributed by atoms with E-state index in [2.05, 4.69) is 0 Å².